The molecule has 0 amide bonds. The third kappa shape index (κ3) is 5.87. The van der Waals surface area contributed by atoms with E-state index in [0.29, 0.717) is 10.7 Å². The number of benzene rings is 2. The Morgan fingerprint density at radius 1 is 1.12 bits per heavy atom. The maximum Gasteiger partial charge on any atom is 0.337 e. The van der Waals surface area contributed by atoms with Crippen LogP contribution in [0.2, 0.25) is 0 Å². The molecule has 0 aliphatic carbocycles. The molecule has 0 aromatic heterocycles. The van der Waals surface area contributed by atoms with Crippen LogP contribution in [0.1, 0.15) is 33.5 Å². The van der Waals surface area contributed by atoms with Gasteiger partial charge in [-0.25, -0.2) is 4.79 Å². The quantitative estimate of drug-likeness (QED) is 0.465. The van der Waals surface area contributed by atoms with Crippen molar-refractivity contribution in [1.29, 1.82) is 0 Å². The van der Waals surface area contributed by atoms with Gasteiger partial charge in [-0.15, -0.1) is 0 Å². The predicted octanol–water partition coefficient (Wildman–Crippen LogP) is 4.01. The Balaban J connectivity index is 1.81. The van der Waals surface area contributed by atoms with Gasteiger partial charge in [0.2, 0.25) is 0 Å². The third-order valence-corrected chi connectivity index (χ3v) is 4.20. The number of carbonyl (C=O) groups is 1. The standard InChI is InChI=1S/C20H24N2O2S/c1-14-6-9-16(10-7-14)5-4-12-21-20(25)22-18-13-17(19(23)24-3)11-8-15(18)2/h6-11,13H,4-5,12H2,1-3H3,(H2,21,22,25). The maximum atomic E-state index is 11.6. The van der Waals surface area contributed by atoms with Crippen LogP contribution < -0.4 is 10.6 Å². The van der Waals surface area contributed by atoms with E-state index in [1.807, 2.05) is 13.0 Å². The topological polar surface area (TPSA) is 50.4 Å². The fraction of sp³-hybridized carbons (Fsp3) is 0.300. The summed E-state index contributed by atoms with van der Waals surface area (Å²) in [6.07, 6.45) is 2.00. The second-order valence-corrected chi connectivity index (χ2v) is 6.40. The lowest BCUT2D eigenvalue weighted by Gasteiger charge is -2.13. The number of anilines is 1. The Kier molecular flexibility index (Phi) is 6.95. The van der Waals surface area contributed by atoms with E-state index in [0.717, 1.165) is 30.6 Å². The van der Waals surface area contributed by atoms with E-state index in [2.05, 4.69) is 41.8 Å². The Bertz CT molecular complexity index is 742. The fourth-order valence-electron chi connectivity index (χ4n) is 2.42. The Labute approximate surface area is 154 Å². The molecule has 0 spiro atoms. The van der Waals surface area contributed by atoms with Crippen molar-refractivity contribution in [1.82, 2.24) is 5.32 Å². The van der Waals surface area contributed by atoms with Crippen molar-refractivity contribution in [3.63, 3.8) is 0 Å². The number of nitrogens with one attached hydrogen (secondary N) is 2. The van der Waals surface area contributed by atoms with Gasteiger partial charge in [-0.1, -0.05) is 35.9 Å². The van der Waals surface area contributed by atoms with Crippen molar-refractivity contribution in [3.8, 4) is 0 Å². The fourth-order valence-corrected chi connectivity index (χ4v) is 2.63. The van der Waals surface area contributed by atoms with Gasteiger partial charge in [-0.05, 0) is 62.2 Å². The van der Waals surface area contributed by atoms with Crippen LogP contribution in [-0.4, -0.2) is 24.7 Å². The Morgan fingerprint density at radius 2 is 1.84 bits per heavy atom. The van der Waals surface area contributed by atoms with E-state index in [4.69, 9.17) is 17.0 Å². The minimum absolute atomic E-state index is 0.361. The largest absolute Gasteiger partial charge is 0.465 e. The zero-order valence-corrected chi connectivity index (χ0v) is 15.7. The zero-order chi connectivity index (χ0) is 18.2. The van der Waals surface area contributed by atoms with Crippen LogP contribution in [-0.2, 0) is 11.2 Å². The molecule has 0 aliphatic rings. The summed E-state index contributed by atoms with van der Waals surface area (Å²) in [5, 5.41) is 6.91. The summed E-state index contributed by atoms with van der Waals surface area (Å²) in [6, 6.07) is 13.9. The minimum Gasteiger partial charge on any atom is -0.465 e. The highest BCUT2D eigenvalue weighted by Gasteiger charge is 2.08. The Morgan fingerprint density at radius 3 is 2.52 bits per heavy atom. The van der Waals surface area contributed by atoms with E-state index >= 15 is 0 Å². The molecule has 0 unspecified atom stereocenters. The van der Waals surface area contributed by atoms with Gasteiger partial charge in [-0.3, -0.25) is 0 Å². The maximum absolute atomic E-state index is 11.6. The van der Waals surface area contributed by atoms with Gasteiger partial charge in [-0.2, -0.15) is 0 Å². The molecule has 2 aromatic carbocycles. The van der Waals surface area contributed by atoms with Crippen molar-refractivity contribution in [2.24, 2.45) is 0 Å². The molecule has 0 bridgehead atoms. The third-order valence-electron chi connectivity index (χ3n) is 3.96. The molecule has 132 valence electrons. The smallest absolute Gasteiger partial charge is 0.337 e. The number of aryl methyl sites for hydroxylation is 3. The first-order valence-corrected chi connectivity index (χ1v) is 8.70. The second-order valence-electron chi connectivity index (χ2n) is 5.99. The summed E-state index contributed by atoms with van der Waals surface area (Å²) in [5.41, 5.74) is 4.91. The van der Waals surface area contributed by atoms with Crippen molar-refractivity contribution < 1.29 is 9.53 Å². The van der Waals surface area contributed by atoms with Crippen LogP contribution >= 0.6 is 12.2 Å². The highest BCUT2D eigenvalue weighted by atomic mass is 32.1. The Hall–Kier alpha value is -2.40. The molecule has 0 saturated carbocycles. The molecule has 4 nitrogen and oxygen atoms in total. The lowest BCUT2D eigenvalue weighted by Crippen LogP contribution is -2.29. The van der Waals surface area contributed by atoms with Crippen LogP contribution in [0, 0.1) is 13.8 Å². The van der Waals surface area contributed by atoms with Gasteiger partial charge < -0.3 is 15.4 Å². The first kappa shape index (κ1) is 18.9. The number of hydrogen-bond acceptors (Lipinski definition) is 3. The average Bonchev–Trinajstić information content (AvgIpc) is 2.61. The number of ether oxygens (including phenoxy) is 1. The van der Waals surface area contributed by atoms with Crippen molar-refractivity contribution in [2.45, 2.75) is 26.7 Å². The number of hydrogen-bond donors (Lipinski definition) is 2. The van der Waals surface area contributed by atoms with Crippen molar-refractivity contribution in [2.75, 3.05) is 19.0 Å². The molecule has 0 radical (unpaired) electrons. The number of esters is 1. The van der Waals surface area contributed by atoms with Crippen LogP contribution in [0.5, 0.6) is 0 Å². The average molecular weight is 356 g/mol. The predicted molar refractivity (Wildman–Crippen MR) is 106 cm³/mol. The summed E-state index contributed by atoms with van der Waals surface area (Å²) >= 11 is 5.34. The number of methoxy groups -OCH3 is 1. The van der Waals surface area contributed by atoms with Gasteiger partial charge in [0.25, 0.3) is 0 Å². The summed E-state index contributed by atoms with van der Waals surface area (Å²) in [4.78, 5) is 11.6. The van der Waals surface area contributed by atoms with Gasteiger partial charge >= 0.3 is 5.97 Å². The first-order valence-electron chi connectivity index (χ1n) is 8.29. The summed E-state index contributed by atoms with van der Waals surface area (Å²) in [5.74, 6) is -0.361. The minimum atomic E-state index is -0.361. The summed E-state index contributed by atoms with van der Waals surface area (Å²) < 4.78 is 4.75. The summed E-state index contributed by atoms with van der Waals surface area (Å²) in [7, 11) is 1.37. The molecule has 0 heterocycles. The molecule has 25 heavy (non-hydrogen) atoms. The van der Waals surface area contributed by atoms with Crippen LogP contribution in [0.25, 0.3) is 0 Å². The molecule has 2 rings (SSSR count). The molecular weight excluding hydrogens is 332 g/mol. The molecule has 0 fully saturated rings. The van der Waals surface area contributed by atoms with Gasteiger partial charge in [0, 0.05) is 12.2 Å². The number of carbonyl (C=O) groups excluding carboxylic acids is 1. The molecule has 0 aliphatic heterocycles. The van der Waals surface area contributed by atoms with Crippen molar-refractivity contribution >= 4 is 29.0 Å². The molecule has 2 N–H and O–H groups in total. The van der Waals surface area contributed by atoms with Crippen LogP contribution in [0.4, 0.5) is 5.69 Å². The first-order chi connectivity index (χ1) is 12.0. The van der Waals surface area contributed by atoms with Crippen LogP contribution in [0.3, 0.4) is 0 Å². The van der Waals surface area contributed by atoms with Crippen molar-refractivity contribution in [3.05, 3.63) is 64.7 Å². The van der Waals surface area contributed by atoms with Crippen LogP contribution in [0.15, 0.2) is 42.5 Å². The SMILES string of the molecule is COC(=O)c1ccc(C)c(NC(=S)NCCCc2ccc(C)cc2)c1. The molecule has 2 aromatic rings. The van der Waals surface area contributed by atoms with Gasteiger partial charge in [0.1, 0.15) is 0 Å². The number of rotatable bonds is 6. The molecular formula is C20H24N2O2S. The molecule has 0 atom stereocenters. The van der Waals surface area contributed by atoms with E-state index < -0.39 is 0 Å². The molecule has 0 saturated heterocycles. The summed E-state index contributed by atoms with van der Waals surface area (Å²) in [6.45, 7) is 4.84. The van der Waals surface area contributed by atoms with E-state index in [1.54, 1.807) is 12.1 Å². The normalized spacial score (nSPS) is 10.2. The highest BCUT2D eigenvalue weighted by molar-refractivity contribution is 7.80. The van der Waals surface area contributed by atoms with E-state index in [-0.39, 0.29) is 5.97 Å². The molecule has 5 heteroatoms. The monoisotopic (exact) mass is 356 g/mol. The second kappa shape index (κ2) is 9.18. The van der Waals surface area contributed by atoms with E-state index in [1.165, 1.54) is 18.2 Å². The highest BCUT2D eigenvalue weighted by Crippen LogP contribution is 2.17. The zero-order valence-electron chi connectivity index (χ0n) is 14.9. The lowest BCUT2D eigenvalue weighted by atomic mass is 10.1. The lowest BCUT2D eigenvalue weighted by molar-refractivity contribution is 0.0601. The van der Waals surface area contributed by atoms with Gasteiger partial charge in [0.15, 0.2) is 5.11 Å². The van der Waals surface area contributed by atoms with Gasteiger partial charge in [0.05, 0.1) is 12.7 Å². The number of thiocarbonyl (C=S) groups is 1. The van der Waals surface area contributed by atoms with E-state index in [9.17, 15) is 4.79 Å².